The van der Waals surface area contributed by atoms with Gasteiger partial charge in [0.05, 0.1) is 23.9 Å². The monoisotopic (exact) mass is 422 g/mol. The minimum atomic E-state index is -0.682. The molecule has 2 aromatic rings. The predicted molar refractivity (Wildman–Crippen MR) is 112 cm³/mol. The Balaban J connectivity index is 1.43. The van der Waals surface area contributed by atoms with Gasteiger partial charge in [-0.2, -0.15) is 0 Å². The Bertz CT molecular complexity index is 1040. The van der Waals surface area contributed by atoms with Crippen molar-refractivity contribution in [1.29, 1.82) is 0 Å². The summed E-state index contributed by atoms with van der Waals surface area (Å²) in [5.41, 5.74) is 2.69. The summed E-state index contributed by atoms with van der Waals surface area (Å²) < 4.78 is 13.3. The molecule has 2 heterocycles. The molecule has 1 atom stereocenters. The number of nitrogens with zero attached hydrogens (tertiary/aromatic N) is 2. The molecule has 8 heteroatoms. The Kier molecular flexibility index (Phi) is 5.70. The minimum Gasteiger partial charge on any atom is -0.354 e. The predicted octanol–water partition coefficient (Wildman–Crippen LogP) is 1.98. The second-order valence-corrected chi connectivity index (χ2v) is 7.60. The number of urea groups is 1. The van der Waals surface area contributed by atoms with E-state index in [1.165, 1.54) is 21.9 Å². The molecule has 2 aliphatic heterocycles. The molecular formula is C23H23FN4O3. The van der Waals surface area contributed by atoms with Crippen LogP contribution in [0.15, 0.2) is 65.9 Å². The molecule has 0 radical (unpaired) electrons. The molecule has 2 N–H and O–H groups in total. The zero-order valence-electron chi connectivity index (χ0n) is 17.1. The first kappa shape index (κ1) is 20.6. The lowest BCUT2D eigenvalue weighted by Crippen LogP contribution is -2.45. The van der Waals surface area contributed by atoms with Gasteiger partial charge in [0, 0.05) is 13.6 Å². The molecule has 4 amide bonds. The fraction of sp³-hybridized carbons (Fsp3) is 0.261. The van der Waals surface area contributed by atoms with E-state index in [9.17, 15) is 18.8 Å². The van der Waals surface area contributed by atoms with Crippen LogP contribution in [0.3, 0.4) is 0 Å². The molecule has 7 nitrogen and oxygen atoms in total. The highest BCUT2D eigenvalue weighted by Crippen LogP contribution is 2.35. The fourth-order valence-corrected chi connectivity index (χ4v) is 3.88. The molecule has 4 rings (SSSR count). The molecule has 0 saturated heterocycles. The van der Waals surface area contributed by atoms with Gasteiger partial charge in [-0.1, -0.05) is 42.5 Å². The van der Waals surface area contributed by atoms with Gasteiger partial charge in [-0.15, -0.1) is 0 Å². The molecule has 0 bridgehead atoms. The van der Waals surface area contributed by atoms with Gasteiger partial charge in [0.25, 0.3) is 5.91 Å². The van der Waals surface area contributed by atoms with Gasteiger partial charge in [0.1, 0.15) is 12.4 Å². The number of carbonyl (C=O) groups excluding carboxylic acids is 3. The molecule has 0 unspecified atom stereocenters. The number of likely N-dealkylation sites (N-methyl/N-ethyl adjacent to an activating group) is 1. The molecule has 0 aromatic heterocycles. The highest BCUT2D eigenvalue weighted by atomic mass is 19.1. The number of nitrogens with one attached hydrogen (secondary N) is 2. The largest absolute Gasteiger partial charge is 0.354 e. The Morgan fingerprint density at radius 2 is 1.84 bits per heavy atom. The van der Waals surface area contributed by atoms with Crippen molar-refractivity contribution in [3.63, 3.8) is 0 Å². The number of carbonyl (C=O) groups is 3. The summed E-state index contributed by atoms with van der Waals surface area (Å²) in [6, 6.07) is 14.4. The van der Waals surface area contributed by atoms with Gasteiger partial charge < -0.3 is 15.5 Å². The normalized spacial score (nSPS) is 18.2. The average Bonchev–Trinajstić information content (AvgIpc) is 3.08. The topological polar surface area (TPSA) is 81.8 Å². The van der Waals surface area contributed by atoms with Crippen LogP contribution in [0.2, 0.25) is 0 Å². The molecular weight excluding hydrogens is 399 g/mol. The van der Waals surface area contributed by atoms with Crippen molar-refractivity contribution in [2.24, 2.45) is 0 Å². The first-order chi connectivity index (χ1) is 14.9. The van der Waals surface area contributed by atoms with Crippen LogP contribution >= 0.6 is 0 Å². The van der Waals surface area contributed by atoms with Crippen molar-refractivity contribution in [3.8, 4) is 0 Å². The highest BCUT2D eigenvalue weighted by molar-refractivity contribution is 6.02. The van der Waals surface area contributed by atoms with Crippen molar-refractivity contribution in [3.05, 3.63) is 82.8 Å². The first-order valence-corrected chi connectivity index (χ1v) is 10.1. The SMILES string of the molecule is CN1C(=O)N[C@@H](c2ccc(F)cc2)C2=C1CN(CC(=O)NCCc1ccccc1)C2=O. The molecule has 0 fully saturated rings. The molecule has 0 saturated carbocycles. The zero-order chi connectivity index (χ0) is 22.0. The smallest absolute Gasteiger partial charge is 0.322 e. The third-order valence-corrected chi connectivity index (χ3v) is 5.55. The summed E-state index contributed by atoms with van der Waals surface area (Å²) in [5.74, 6) is -0.970. The maximum atomic E-state index is 13.3. The molecule has 2 aromatic carbocycles. The number of benzene rings is 2. The Labute approximate surface area is 179 Å². The Hall–Kier alpha value is -3.68. The van der Waals surface area contributed by atoms with Crippen LogP contribution in [0, 0.1) is 5.82 Å². The summed E-state index contributed by atoms with van der Waals surface area (Å²) in [4.78, 5) is 40.7. The van der Waals surface area contributed by atoms with E-state index in [0.717, 1.165) is 5.56 Å². The lowest BCUT2D eigenvalue weighted by atomic mass is 9.96. The molecule has 160 valence electrons. The minimum absolute atomic E-state index is 0.0984. The van der Waals surface area contributed by atoms with Gasteiger partial charge in [-0.3, -0.25) is 14.5 Å². The lowest BCUT2D eigenvalue weighted by molar-refractivity contribution is -0.131. The summed E-state index contributed by atoms with van der Waals surface area (Å²) in [5, 5.41) is 5.63. The van der Waals surface area contributed by atoms with Crippen LogP contribution in [-0.2, 0) is 16.0 Å². The summed E-state index contributed by atoms with van der Waals surface area (Å²) >= 11 is 0. The van der Waals surface area contributed by atoms with E-state index in [0.29, 0.717) is 29.8 Å². The third-order valence-electron chi connectivity index (χ3n) is 5.55. The van der Waals surface area contributed by atoms with E-state index < -0.39 is 11.9 Å². The van der Waals surface area contributed by atoms with Crippen LogP contribution in [-0.4, -0.2) is 54.3 Å². The summed E-state index contributed by atoms with van der Waals surface area (Å²) in [6.07, 6.45) is 0.697. The van der Waals surface area contributed by atoms with Crippen LogP contribution < -0.4 is 10.6 Å². The van der Waals surface area contributed by atoms with Crippen LogP contribution in [0.25, 0.3) is 0 Å². The molecule has 0 spiro atoms. The van der Waals surface area contributed by atoms with Gasteiger partial charge in [0.2, 0.25) is 5.91 Å². The molecule has 31 heavy (non-hydrogen) atoms. The number of hydrogen-bond donors (Lipinski definition) is 2. The van der Waals surface area contributed by atoms with E-state index in [1.54, 1.807) is 19.2 Å². The number of rotatable bonds is 6. The Morgan fingerprint density at radius 1 is 1.13 bits per heavy atom. The maximum Gasteiger partial charge on any atom is 0.322 e. The number of amides is 4. The highest BCUT2D eigenvalue weighted by Gasteiger charge is 2.43. The standard InChI is InChI=1S/C23H23FN4O3/c1-27-18-13-28(14-19(29)25-12-11-15-5-3-2-4-6-15)22(30)20(18)21(26-23(27)31)16-7-9-17(24)10-8-16/h2-10,21H,11-14H2,1H3,(H,25,29)(H,26,31)/t21-/m0/s1. The van der Waals surface area contributed by atoms with Gasteiger partial charge in [0.15, 0.2) is 0 Å². The summed E-state index contributed by atoms with van der Waals surface area (Å²) in [6.45, 7) is 0.539. The summed E-state index contributed by atoms with van der Waals surface area (Å²) in [7, 11) is 1.59. The second kappa shape index (κ2) is 8.59. The number of halogens is 1. The second-order valence-electron chi connectivity index (χ2n) is 7.60. The Morgan fingerprint density at radius 3 is 2.55 bits per heavy atom. The molecule has 2 aliphatic rings. The maximum absolute atomic E-state index is 13.3. The van der Waals surface area contributed by atoms with Crippen LogP contribution in [0.1, 0.15) is 17.2 Å². The third kappa shape index (κ3) is 4.28. The first-order valence-electron chi connectivity index (χ1n) is 10.1. The van der Waals surface area contributed by atoms with Crippen molar-refractivity contribution < 1.29 is 18.8 Å². The van der Waals surface area contributed by atoms with E-state index in [-0.39, 0.29) is 30.9 Å². The zero-order valence-corrected chi connectivity index (χ0v) is 17.1. The lowest BCUT2D eigenvalue weighted by Gasteiger charge is -2.31. The quantitative estimate of drug-likeness (QED) is 0.747. The van der Waals surface area contributed by atoms with Crippen LogP contribution in [0.4, 0.5) is 9.18 Å². The van der Waals surface area contributed by atoms with E-state index in [2.05, 4.69) is 10.6 Å². The van der Waals surface area contributed by atoms with E-state index >= 15 is 0 Å². The van der Waals surface area contributed by atoms with Crippen molar-refractivity contribution in [1.82, 2.24) is 20.4 Å². The van der Waals surface area contributed by atoms with Gasteiger partial charge in [-0.25, -0.2) is 9.18 Å². The van der Waals surface area contributed by atoms with Gasteiger partial charge in [-0.05, 0) is 29.7 Å². The van der Waals surface area contributed by atoms with Gasteiger partial charge >= 0.3 is 6.03 Å². The fourth-order valence-electron chi connectivity index (χ4n) is 3.88. The van der Waals surface area contributed by atoms with Crippen LogP contribution in [0.5, 0.6) is 0 Å². The number of hydrogen-bond acceptors (Lipinski definition) is 3. The van der Waals surface area contributed by atoms with E-state index in [4.69, 9.17) is 0 Å². The van der Waals surface area contributed by atoms with Crippen molar-refractivity contribution >= 4 is 17.8 Å². The van der Waals surface area contributed by atoms with Crippen molar-refractivity contribution in [2.45, 2.75) is 12.5 Å². The molecule has 0 aliphatic carbocycles. The van der Waals surface area contributed by atoms with Crippen molar-refractivity contribution in [2.75, 3.05) is 26.7 Å². The average molecular weight is 422 g/mol. The van der Waals surface area contributed by atoms with E-state index in [1.807, 2.05) is 30.3 Å².